The molecule has 2 nitrogen and oxygen atoms in total. The van der Waals surface area contributed by atoms with Crippen LogP contribution < -0.4 is 0 Å². The van der Waals surface area contributed by atoms with Crippen LogP contribution in [0.4, 0.5) is 5.69 Å². The highest BCUT2D eigenvalue weighted by Gasteiger charge is 2.10. The summed E-state index contributed by atoms with van der Waals surface area (Å²) in [5, 5.41) is 1.11. The van der Waals surface area contributed by atoms with E-state index in [4.69, 9.17) is 0 Å². The molecule has 0 N–H and O–H groups in total. The van der Waals surface area contributed by atoms with Gasteiger partial charge in [-0.2, -0.15) is 0 Å². The number of benzene rings is 1. The molecule has 0 aromatic heterocycles. The number of hydrogen-bond donors (Lipinski definition) is 0. The molecule has 0 fully saturated rings. The Hall–Kier alpha value is -1.22. The van der Waals surface area contributed by atoms with Crippen LogP contribution >= 0.6 is 11.8 Å². The van der Waals surface area contributed by atoms with Crippen molar-refractivity contribution in [2.24, 2.45) is 4.99 Å². The highest BCUT2D eigenvalue weighted by atomic mass is 32.2. The Labute approximate surface area is 101 Å². The van der Waals surface area contributed by atoms with E-state index in [0.29, 0.717) is 0 Å². The lowest BCUT2D eigenvalue weighted by atomic mass is 10.3. The molecule has 0 saturated heterocycles. The normalized spacial score (nSPS) is 18.4. The molecule has 1 aromatic rings. The van der Waals surface area contributed by atoms with Crippen molar-refractivity contribution < 1.29 is 0 Å². The van der Waals surface area contributed by atoms with E-state index in [-0.39, 0.29) is 0 Å². The van der Waals surface area contributed by atoms with Crippen molar-refractivity contribution in [3.63, 3.8) is 0 Å². The molecule has 0 bridgehead atoms. The lowest BCUT2D eigenvalue weighted by Gasteiger charge is -2.21. The van der Waals surface area contributed by atoms with Gasteiger partial charge in [-0.1, -0.05) is 18.2 Å². The predicted molar refractivity (Wildman–Crippen MR) is 72.4 cm³/mol. The molecule has 16 heavy (non-hydrogen) atoms. The molecule has 0 atom stereocenters. The number of hydrogen-bond acceptors (Lipinski definition) is 3. The third kappa shape index (κ3) is 2.89. The molecule has 1 aliphatic rings. The van der Waals surface area contributed by atoms with Crippen LogP contribution in [0.2, 0.25) is 0 Å². The molecule has 0 amide bonds. The van der Waals surface area contributed by atoms with Gasteiger partial charge < -0.3 is 4.90 Å². The maximum absolute atomic E-state index is 4.63. The first-order valence-electron chi connectivity index (χ1n) is 5.40. The number of aliphatic imine (C=N–C) groups is 1. The monoisotopic (exact) mass is 232 g/mol. The standard InChI is InChI=1S/C13H16N2S/c1-15(2)12-8-9-16-13(10-12)14-11-6-4-3-5-7-11/h3-7,10H,8-9H2,1-2H3. The number of rotatable bonds is 2. The zero-order valence-corrected chi connectivity index (χ0v) is 10.5. The van der Waals surface area contributed by atoms with E-state index >= 15 is 0 Å². The molecule has 2 rings (SSSR count). The highest BCUT2D eigenvalue weighted by molar-refractivity contribution is 8.14. The largest absolute Gasteiger partial charge is 0.381 e. The average Bonchev–Trinajstić information content (AvgIpc) is 2.30. The molecule has 1 aliphatic heterocycles. The third-order valence-corrected chi connectivity index (χ3v) is 3.38. The minimum atomic E-state index is 1.03. The first-order chi connectivity index (χ1) is 7.75. The van der Waals surface area contributed by atoms with Crippen molar-refractivity contribution in [2.75, 3.05) is 19.8 Å². The summed E-state index contributed by atoms with van der Waals surface area (Å²) in [6, 6.07) is 10.1. The quantitative estimate of drug-likeness (QED) is 0.777. The van der Waals surface area contributed by atoms with Gasteiger partial charge in [0.15, 0.2) is 0 Å². The molecule has 3 heteroatoms. The SMILES string of the molecule is CN(C)C1=CC(=Nc2ccccc2)SCC1. The second-order valence-electron chi connectivity index (χ2n) is 3.91. The first kappa shape index (κ1) is 11.3. The van der Waals surface area contributed by atoms with Crippen LogP contribution in [0.5, 0.6) is 0 Å². The van der Waals surface area contributed by atoms with Crippen molar-refractivity contribution in [3.8, 4) is 0 Å². The third-order valence-electron chi connectivity index (χ3n) is 2.47. The minimum absolute atomic E-state index is 1.03. The fraction of sp³-hybridized carbons (Fsp3) is 0.308. The van der Waals surface area contributed by atoms with E-state index in [2.05, 4.69) is 30.1 Å². The maximum Gasteiger partial charge on any atom is 0.0984 e. The lowest BCUT2D eigenvalue weighted by Crippen LogP contribution is -2.16. The molecule has 1 heterocycles. The van der Waals surface area contributed by atoms with Gasteiger partial charge in [0.1, 0.15) is 0 Å². The second-order valence-corrected chi connectivity index (χ2v) is 5.03. The van der Waals surface area contributed by atoms with Crippen LogP contribution in [0.25, 0.3) is 0 Å². The van der Waals surface area contributed by atoms with Gasteiger partial charge in [0, 0.05) is 25.5 Å². The Bertz CT molecular complexity index is 407. The van der Waals surface area contributed by atoms with Gasteiger partial charge in [0.2, 0.25) is 0 Å². The van der Waals surface area contributed by atoms with Crippen LogP contribution in [0, 0.1) is 0 Å². The van der Waals surface area contributed by atoms with E-state index in [1.807, 2.05) is 42.1 Å². The van der Waals surface area contributed by atoms with Gasteiger partial charge in [-0.25, -0.2) is 4.99 Å². The van der Waals surface area contributed by atoms with Crippen molar-refractivity contribution in [1.29, 1.82) is 0 Å². The molecule has 0 aliphatic carbocycles. The number of para-hydroxylation sites is 1. The molecule has 1 aromatic carbocycles. The summed E-state index contributed by atoms with van der Waals surface area (Å²) in [6.45, 7) is 0. The summed E-state index contributed by atoms with van der Waals surface area (Å²) in [7, 11) is 4.17. The summed E-state index contributed by atoms with van der Waals surface area (Å²) < 4.78 is 0. The van der Waals surface area contributed by atoms with Crippen LogP contribution in [0.3, 0.4) is 0 Å². The fourth-order valence-corrected chi connectivity index (χ4v) is 2.47. The highest BCUT2D eigenvalue weighted by Crippen LogP contribution is 2.23. The summed E-state index contributed by atoms with van der Waals surface area (Å²) in [4.78, 5) is 6.79. The molecule has 0 unspecified atom stereocenters. The van der Waals surface area contributed by atoms with Gasteiger partial charge in [0.25, 0.3) is 0 Å². The van der Waals surface area contributed by atoms with E-state index in [9.17, 15) is 0 Å². The summed E-state index contributed by atoms with van der Waals surface area (Å²) >= 11 is 1.83. The van der Waals surface area contributed by atoms with Crippen molar-refractivity contribution in [2.45, 2.75) is 6.42 Å². The Morgan fingerprint density at radius 2 is 1.94 bits per heavy atom. The Morgan fingerprint density at radius 3 is 2.62 bits per heavy atom. The smallest absolute Gasteiger partial charge is 0.0984 e. The Balaban J connectivity index is 2.22. The van der Waals surface area contributed by atoms with E-state index in [1.165, 1.54) is 5.70 Å². The predicted octanol–water partition coefficient (Wildman–Crippen LogP) is 3.30. The Kier molecular flexibility index (Phi) is 3.67. The van der Waals surface area contributed by atoms with E-state index in [0.717, 1.165) is 22.9 Å². The van der Waals surface area contributed by atoms with Gasteiger partial charge in [-0.05, 0) is 24.6 Å². The zero-order chi connectivity index (χ0) is 11.4. The molecule has 0 radical (unpaired) electrons. The minimum Gasteiger partial charge on any atom is -0.381 e. The van der Waals surface area contributed by atoms with Crippen molar-refractivity contribution in [3.05, 3.63) is 42.1 Å². The lowest BCUT2D eigenvalue weighted by molar-refractivity contribution is 0.496. The van der Waals surface area contributed by atoms with E-state index in [1.54, 1.807) is 0 Å². The van der Waals surface area contributed by atoms with Gasteiger partial charge in [-0.3, -0.25) is 0 Å². The molecule has 0 saturated carbocycles. The summed E-state index contributed by atoms with van der Waals surface area (Å²) in [5.74, 6) is 1.12. The van der Waals surface area contributed by atoms with Crippen LogP contribution in [-0.2, 0) is 0 Å². The van der Waals surface area contributed by atoms with E-state index < -0.39 is 0 Å². The first-order valence-corrected chi connectivity index (χ1v) is 6.39. The average molecular weight is 232 g/mol. The van der Waals surface area contributed by atoms with Crippen LogP contribution in [-0.4, -0.2) is 29.8 Å². The summed E-state index contributed by atoms with van der Waals surface area (Å²) in [6.07, 6.45) is 3.31. The van der Waals surface area contributed by atoms with Crippen molar-refractivity contribution in [1.82, 2.24) is 4.90 Å². The number of thioether (sulfide) groups is 1. The molecule has 84 valence electrons. The Morgan fingerprint density at radius 1 is 1.19 bits per heavy atom. The molecular weight excluding hydrogens is 216 g/mol. The van der Waals surface area contributed by atoms with Crippen LogP contribution in [0.1, 0.15) is 6.42 Å². The van der Waals surface area contributed by atoms with Crippen LogP contribution in [0.15, 0.2) is 47.1 Å². The number of allylic oxidation sites excluding steroid dienone is 1. The topological polar surface area (TPSA) is 15.6 Å². The van der Waals surface area contributed by atoms with Gasteiger partial charge in [-0.15, -0.1) is 11.8 Å². The molecule has 0 spiro atoms. The maximum atomic E-state index is 4.63. The zero-order valence-electron chi connectivity index (χ0n) is 9.68. The molecular formula is C13H16N2S. The fourth-order valence-electron chi connectivity index (χ4n) is 1.56. The van der Waals surface area contributed by atoms with Crippen molar-refractivity contribution >= 4 is 22.5 Å². The number of nitrogens with zero attached hydrogens (tertiary/aromatic N) is 2. The van der Waals surface area contributed by atoms with Gasteiger partial charge >= 0.3 is 0 Å². The van der Waals surface area contributed by atoms with Gasteiger partial charge in [0.05, 0.1) is 10.7 Å². The second kappa shape index (κ2) is 5.21. The summed E-state index contributed by atoms with van der Waals surface area (Å²) in [5.41, 5.74) is 2.38.